The third-order valence-corrected chi connectivity index (χ3v) is 5.21. The molecular formula is C18H23NO2S2. The standard InChI is InChI=1S/C18H23NO2S2/c1-13(2)21-16-7-4-6-15(10-16)14(3)19-18(20)12-22-11-17-8-5-9-23-17/h4-10,13-14H,11-12H2,1-3H3,(H,19,20)/t14-/m1/s1. The van der Waals surface area contributed by atoms with Gasteiger partial charge in [0.2, 0.25) is 5.91 Å². The van der Waals surface area contributed by atoms with Gasteiger partial charge in [-0.1, -0.05) is 18.2 Å². The third kappa shape index (κ3) is 6.28. The van der Waals surface area contributed by atoms with E-state index >= 15 is 0 Å². The smallest absolute Gasteiger partial charge is 0.230 e. The molecule has 0 bridgehead atoms. The lowest BCUT2D eigenvalue weighted by molar-refractivity contribution is -0.119. The molecule has 0 fully saturated rings. The molecular weight excluding hydrogens is 326 g/mol. The molecule has 0 unspecified atom stereocenters. The van der Waals surface area contributed by atoms with Gasteiger partial charge in [-0.2, -0.15) is 0 Å². The maximum absolute atomic E-state index is 12.1. The number of hydrogen-bond donors (Lipinski definition) is 1. The van der Waals surface area contributed by atoms with Crippen LogP contribution in [0.15, 0.2) is 41.8 Å². The second-order valence-corrected chi connectivity index (χ2v) is 7.62. The Balaban J connectivity index is 1.80. The molecule has 1 aromatic heterocycles. The van der Waals surface area contributed by atoms with Gasteiger partial charge >= 0.3 is 0 Å². The second-order valence-electron chi connectivity index (χ2n) is 5.60. The average Bonchev–Trinajstić information content (AvgIpc) is 3.00. The molecule has 1 atom stereocenters. The molecule has 124 valence electrons. The van der Waals surface area contributed by atoms with Crippen LogP contribution in [-0.2, 0) is 10.5 Å². The zero-order chi connectivity index (χ0) is 16.7. The molecule has 1 amide bonds. The molecule has 23 heavy (non-hydrogen) atoms. The summed E-state index contributed by atoms with van der Waals surface area (Å²) < 4.78 is 5.70. The van der Waals surface area contributed by atoms with E-state index in [9.17, 15) is 4.79 Å². The van der Waals surface area contributed by atoms with Crippen LogP contribution in [0.4, 0.5) is 0 Å². The van der Waals surface area contributed by atoms with E-state index < -0.39 is 0 Å². The first kappa shape index (κ1) is 17.9. The number of hydrogen-bond acceptors (Lipinski definition) is 4. The van der Waals surface area contributed by atoms with Gasteiger partial charge in [-0.25, -0.2) is 0 Å². The number of rotatable bonds is 8. The number of thiophene rings is 1. The van der Waals surface area contributed by atoms with E-state index in [1.54, 1.807) is 23.1 Å². The van der Waals surface area contributed by atoms with Crippen molar-refractivity contribution in [1.82, 2.24) is 5.32 Å². The van der Waals surface area contributed by atoms with Gasteiger partial charge in [0.1, 0.15) is 5.75 Å². The third-order valence-electron chi connectivity index (χ3n) is 3.16. The Morgan fingerprint density at radius 1 is 1.26 bits per heavy atom. The van der Waals surface area contributed by atoms with Gasteiger partial charge in [0.05, 0.1) is 17.9 Å². The summed E-state index contributed by atoms with van der Waals surface area (Å²) in [6, 6.07) is 12.0. The summed E-state index contributed by atoms with van der Waals surface area (Å²) >= 11 is 3.37. The lowest BCUT2D eigenvalue weighted by atomic mass is 10.1. The lowest BCUT2D eigenvalue weighted by Gasteiger charge is -2.16. The monoisotopic (exact) mass is 349 g/mol. The number of carbonyl (C=O) groups is 1. The number of amides is 1. The molecule has 1 aromatic carbocycles. The van der Waals surface area contributed by atoms with Crippen molar-refractivity contribution in [3.8, 4) is 5.75 Å². The number of benzene rings is 1. The molecule has 2 aromatic rings. The first-order valence-electron chi connectivity index (χ1n) is 7.70. The summed E-state index contributed by atoms with van der Waals surface area (Å²) in [6.45, 7) is 6.00. The van der Waals surface area contributed by atoms with E-state index in [0.29, 0.717) is 5.75 Å². The van der Waals surface area contributed by atoms with Crippen molar-refractivity contribution in [2.45, 2.75) is 38.7 Å². The number of carbonyl (C=O) groups excluding carboxylic acids is 1. The molecule has 3 nitrogen and oxygen atoms in total. The highest BCUT2D eigenvalue weighted by atomic mass is 32.2. The molecule has 5 heteroatoms. The Morgan fingerprint density at radius 2 is 2.09 bits per heavy atom. The summed E-state index contributed by atoms with van der Waals surface area (Å²) in [6.07, 6.45) is 0.142. The first-order chi connectivity index (χ1) is 11.0. The van der Waals surface area contributed by atoms with Crippen molar-refractivity contribution in [2.75, 3.05) is 5.75 Å². The van der Waals surface area contributed by atoms with Gasteiger partial charge in [-0.15, -0.1) is 23.1 Å². The minimum Gasteiger partial charge on any atom is -0.491 e. The predicted octanol–water partition coefficient (Wildman–Crippen LogP) is 4.65. The van der Waals surface area contributed by atoms with Crippen molar-refractivity contribution in [2.24, 2.45) is 0 Å². The van der Waals surface area contributed by atoms with Crippen LogP contribution in [0.25, 0.3) is 0 Å². The Morgan fingerprint density at radius 3 is 2.78 bits per heavy atom. The van der Waals surface area contributed by atoms with Crippen molar-refractivity contribution in [1.29, 1.82) is 0 Å². The Labute approximate surface area is 146 Å². The van der Waals surface area contributed by atoms with Crippen LogP contribution in [0.1, 0.15) is 37.3 Å². The molecule has 0 saturated heterocycles. The van der Waals surface area contributed by atoms with E-state index in [-0.39, 0.29) is 18.1 Å². The van der Waals surface area contributed by atoms with Crippen LogP contribution in [0.5, 0.6) is 5.75 Å². The first-order valence-corrected chi connectivity index (χ1v) is 9.74. The van der Waals surface area contributed by atoms with Gasteiger partial charge in [-0.3, -0.25) is 4.79 Å². The van der Waals surface area contributed by atoms with Gasteiger partial charge in [0.15, 0.2) is 0 Å². The normalized spacial score (nSPS) is 12.2. The highest BCUT2D eigenvalue weighted by Gasteiger charge is 2.11. The molecule has 0 radical (unpaired) electrons. The number of ether oxygens (including phenoxy) is 1. The van der Waals surface area contributed by atoms with Gasteiger partial charge in [-0.05, 0) is 49.9 Å². The Bertz CT molecular complexity index is 611. The zero-order valence-corrected chi connectivity index (χ0v) is 15.4. The maximum atomic E-state index is 12.1. The summed E-state index contributed by atoms with van der Waals surface area (Å²) in [5.74, 6) is 2.27. The summed E-state index contributed by atoms with van der Waals surface area (Å²) in [5, 5.41) is 5.10. The van der Waals surface area contributed by atoms with E-state index in [4.69, 9.17) is 4.74 Å². The van der Waals surface area contributed by atoms with Gasteiger partial charge < -0.3 is 10.1 Å². The van der Waals surface area contributed by atoms with Crippen molar-refractivity contribution >= 4 is 29.0 Å². The van der Waals surface area contributed by atoms with Crippen LogP contribution in [0.2, 0.25) is 0 Å². The fraction of sp³-hybridized carbons (Fsp3) is 0.389. The zero-order valence-electron chi connectivity index (χ0n) is 13.7. The maximum Gasteiger partial charge on any atom is 0.230 e. The number of nitrogens with one attached hydrogen (secondary N) is 1. The average molecular weight is 350 g/mol. The lowest BCUT2D eigenvalue weighted by Crippen LogP contribution is -2.28. The van der Waals surface area contributed by atoms with Gasteiger partial charge in [0, 0.05) is 10.6 Å². The van der Waals surface area contributed by atoms with E-state index in [1.807, 2.05) is 51.1 Å². The second kappa shape index (κ2) is 8.99. The van der Waals surface area contributed by atoms with E-state index in [1.165, 1.54) is 4.88 Å². The minimum absolute atomic E-state index is 0.0273. The SMILES string of the molecule is CC(C)Oc1cccc([C@@H](C)NC(=O)CSCc2cccs2)c1. The van der Waals surface area contributed by atoms with Gasteiger partial charge in [0.25, 0.3) is 0 Å². The van der Waals surface area contributed by atoms with Crippen molar-refractivity contribution in [3.05, 3.63) is 52.2 Å². The fourth-order valence-corrected chi connectivity index (χ4v) is 3.81. The Kier molecular flexibility index (Phi) is 6.99. The Hall–Kier alpha value is -1.46. The fourth-order valence-electron chi connectivity index (χ4n) is 2.13. The quantitative estimate of drug-likeness (QED) is 0.754. The van der Waals surface area contributed by atoms with E-state index in [0.717, 1.165) is 17.1 Å². The predicted molar refractivity (Wildman–Crippen MR) is 99.2 cm³/mol. The van der Waals surface area contributed by atoms with Crippen LogP contribution < -0.4 is 10.1 Å². The molecule has 1 N–H and O–H groups in total. The molecule has 1 heterocycles. The van der Waals surface area contributed by atoms with Crippen molar-refractivity contribution < 1.29 is 9.53 Å². The minimum atomic E-state index is -0.0273. The van der Waals surface area contributed by atoms with Crippen LogP contribution in [0.3, 0.4) is 0 Å². The summed E-state index contributed by atoms with van der Waals surface area (Å²) in [7, 11) is 0. The molecule has 0 aliphatic rings. The highest BCUT2D eigenvalue weighted by molar-refractivity contribution is 7.99. The molecule has 0 aliphatic carbocycles. The number of thioether (sulfide) groups is 1. The molecule has 0 saturated carbocycles. The molecule has 0 aliphatic heterocycles. The van der Waals surface area contributed by atoms with Crippen LogP contribution in [0, 0.1) is 0 Å². The summed E-state index contributed by atoms with van der Waals surface area (Å²) in [4.78, 5) is 13.4. The molecule has 0 spiro atoms. The van der Waals surface area contributed by atoms with Crippen LogP contribution in [-0.4, -0.2) is 17.8 Å². The summed E-state index contributed by atoms with van der Waals surface area (Å²) in [5.41, 5.74) is 1.06. The highest BCUT2D eigenvalue weighted by Crippen LogP contribution is 2.21. The van der Waals surface area contributed by atoms with Crippen molar-refractivity contribution in [3.63, 3.8) is 0 Å². The largest absolute Gasteiger partial charge is 0.491 e. The topological polar surface area (TPSA) is 38.3 Å². The van der Waals surface area contributed by atoms with E-state index in [2.05, 4.69) is 16.8 Å². The van der Waals surface area contributed by atoms with Crippen LogP contribution >= 0.6 is 23.1 Å². The molecule has 2 rings (SSSR count).